The van der Waals surface area contributed by atoms with E-state index >= 15 is 0 Å². The van der Waals surface area contributed by atoms with Gasteiger partial charge in [-0.15, -0.1) is 0 Å². The number of anilines is 1. The highest BCUT2D eigenvalue weighted by atomic mass is 35.5. The number of aliphatic hydroxyl groups is 1. The van der Waals surface area contributed by atoms with Crippen molar-refractivity contribution in [1.29, 1.82) is 0 Å². The molecular formula is C23H30ClN3O5. The van der Waals surface area contributed by atoms with Crippen LogP contribution in [-0.4, -0.2) is 65.2 Å². The number of amides is 3. The number of para-hydroxylation sites is 1. The van der Waals surface area contributed by atoms with E-state index in [0.717, 1.165) is 0 Å². The summed E-state index contributed by atoms with van der Waals surface area (Å²) in [7, 11) is 1.54. The predicted molar refractivity (Wildman–Crippen MR) is 119 cm³/mol. The van der Waals surface area contributed by atoms with Gasteiger partial charge in [-0.3, -0.25) is 14.4 Å². The van der Waals surface area contributed by atoms with E-state index in [9.17, 15) is 19.5 Å². The molecule has 8 nitrogen and oxygen atoms in total. The maximum absolute atomic E-state index is 13.8. The predicted octanol–water partition coefficient (Wildman–Crippen LogP) is 1.81. The van der Waals surface area contributed by atoms with Crippen LogP contribution in [0.4, 0.5) is 5.69 Å². The van der Waals surface area contributed by atoms with Crippen molar-refractivity contribution >= 4 is 35.0 Å². The van der Waals surface area contributed by atoms with E-state index in [1.165, 1.54) is 11.9 Å². The van der Waals surface area contributed by atoms with Crippen LogP contribution >= 0.6 is 11.6 Å². The van der Waals surface area contributed by atoms with Gasteiger partial charge in [-0.25, -0.2) is 0 Å². The first-order valence-electron chi connectivity index (χ1n) is 11.1. The molecule has 0 saturated carbocycles. The lowest BCUT2D eigenvalue weighted by Gasteiger charge is -2.37. The zero-order chi connectivity index (χ0) is 23.2. The molecule has 3 saturated heterocycles. The number of aliphatic hydroxyl groups excluding tert-OH is 1. The second-order valence-electron chi connectivity index (χ2n) is 9.35. The van der Waals surface area contributed by atoms with E-state index in [-0.39, 0.29) is 24.3 Å². The lowest BCUT2D eigenvalue weighted by atomic mass is 9.70. The fourth-order valence-corrected chi connectivity index (χ4v) is 6.02. The van der Waals surface area contributed by atoms with E-state index in [4.69, 9.17) is 16.3 Å². The molecule has 0 aromatic heterocycles. The Morgan fingerprint density at radius 3 is 2.66 bits per heavy atom. The van der Waals surface area contributed by atoms with Gasteiger partial charge in [0.15, 0.2) is 0 Å². The Morgan fingerprint density at radius 2 is 2.03 bits per heavy atom. The highest BCUT2D eigenvalue weighted by Gasteiger charge is 2.75. The lowest BCUT2D eigenvalue weighted by Crippen LogP contribution is -2.56. The second-order valence-corrected chi connectivity index (χ2v) is 9.76. The SMILES string of the molecule is CNC(=O)[C@@H]1[C@@H]2CCC3(O2)C(C(=O)Nc2ccccc2Cl)N([C@@H](CO)CC(C)C)C(=O)[C@H]13. The van der Waals surface area contributed by atoms with E-state index in [1.54, 1.807) is 24.3 Å². The van der Waals surface area contributed by atoms with Crippen LogP contribution < -0.4 is 10.6 Å². The van der Waals surface area contributed by atoms with Crippen LogP contribution in [0.3, 0.4) is 0 Å². The molecule has 2 unspecified atom stereocenters. The van der Waals surface area contributed by atoms with Crippen LogP contribution in [0.1, 0.15) is 33.1 Å². The molecule has 6 atom stereocenters. The van der Waals surface area contributed by atoms with Crippen molar-refractivity contribution < 1.29 is 24.2 Å². The first-order valence-corrected chi connectivity index (χ1v) is 11.5. The largest absolute Gasteiger partial charge is 0.394 e. The quantitative estimate of drug-likeness (QED) is 0.571. The number of ether oxygens (including phenoxy) is 1. The summed E-state index contributed by atoms with van der Waals surface area (Å²) in [6, 6.07) is 5.36. The maximum Gasteiger partial charge on any atom is 0.250 e. The van der Waals surface area contributed by atoms with Crippen molar-refractivity contribution in [3.05, 3.63) is 29.3 Å². The Labute approximate surface area is 192 Å². The fourth-order valence-electron chi connectivity index (χ4n) is 5.83. The highest BCUT2D eigenvalue weighted by Crippen LogP contribution is 2.59. The third-order valence-electron chi connectivity index (χ3n) is 7.01. The fraction of sp³-hybridized carbons (Fsp3) is 0.609. The van der Waals surface area contributed by atoms with Crippen LogP contribution in [0, 0.1) is 17.8 Å². The summed E-state index contributed by atoms with van der Waals surface area (Å²) in [6.07, 6.45) is 1.21. The number of benzene rings is 1. The molecule has 0 radical (unpaired) electrons. The third kappa shape index (κ3) is 3.49. The smallest absolute Gasteiger partial charge is 0.250 e. The first kappa shape index (κ1) is 23.0. The molecule has 3 fully saturated rings. The summed E-state index contributed by atoms with van der Waals surface area (Å²) in [4.78, 5) is 41.6. The molecule has 3 amide bonds. The van der Waals surface area contributed by atoms with Gasteiger partial charge < -0.3 is 25.4 Å². The van der Waals surface area contributed by atoms with Crippen molar-refractivity contribution in [2.45, 2.75) is 56.9 Å². The summed E-state index contributed by atoms with van der Waals surface area (Å²) in [5.41, 5.74) is -0.666. The average Bonchev–Trinajstić information content (AvgIpc) is 3.40. The molecule has 3 aliphatic rings. The van der Waals surface area contributed by atoms with Crippen molar-refractivity contribution in [2.75, 3.05) is 19.0 Å². The second kappa shape index (κ2) is 8.65. The topological polar surface area (TPSA) is 108 Å². The Bertz CT molecular complexity index is 925. The molecule has 174 valence electrons. The summed E-state index contributed by atoms with van der Waals surface area (Å²) >= 11 is 6.25. The van der Waals surface area contributed by atoms with E-state index in [2.05, 4.69) is 10.6 Å². The number of fused-ring (bicyclic) bond motifs is 1. The number of carbonyl (C=O) groups excluding carboxylic acids is 3. The summed E-state index contributed by atoms with van der Waals surface area (Å²) < 4.78 is 6.32. The van der Waals surface area contributed by atoms with Gasteiger partial charge in [0.1, 0.15) is 11.6 Å². The van der Waals surface area contributed by atoms with Crippen molar-refractivity contribution in [3.8, 4) is 0 Å². The minimum Gasteiger partial charge on any atom is -0.394 e. The maximum atomic E-state index is 13.8. The molecule has 32 heavy (non-hydrogen) atoms. The number of rotatable bonds is 7. The molecular weight excluding hydrogens is 434 g/mol. The normalized spacial score (nSPS) is 31.7. The van der Waals surface area contributed by atoms with Gasteiger partial charge in [-0.05, 0) is 37.3 Å². The number of likely N-dealkylation sites (tertiary alicyclic amines) is 1. The Hall–Kier alpha value is -2.16. The molecule has 1 aromatic carbocycles. The van der Waals surface area contributed by atoms with Gasteiger partial charge >= 0.3 is 0 Å². The van der Waals surface area contributed by atoms with Gasteiger partial charge in [0.2, 0.25) is 17.7 Å². The summed E-state index contributed by atoms with van der Waals surface area (Å²) in [5, 5.41) is 16.1. The van der Waals surface area contributed by atoms with E-state index < -0.39 is 41.5 Å². The molecule has 1 aromatic rings. The van der Waals surface area contributed by atoms with Gasteiger partial charge in [0.25, 0.3) is 0 Å². The number of carbonyl (C=O) groups is 3. The summed E-state index contributed by atoms with van der Waals surface area (Å²) in [5.74, 6) is -2.21. The van der Waals surface area contributed by atoms with E-state index in [0.29, 0.717) is 30.0 Å². The molecule has 4 rings (SSSR count). The molecule has 3 N–H and O–H groups in total. The minimum absolute atomic E-state index is 0.192. The minimum atomic E-state index is -1.10. The van der Waals surface area contributed by atoms with Crippen LogP contribution in [0.2, 0.25) is 5.02 Å². The van der Waals surface area contributed by atoms with Crippen LogP contribution in [0.5, 0.6) is 0 Å². The van der Waals surface area contributed by atoms with E-state index in [1.807, 2.05) is 13.8 Å². The zero-order valence-electron chi connectivity index (χ0n) is 18.5. The van der Waals surface area contributed by atoms with Gasteiger partial charge in [0.05, 0.1) is 41.3 Å². The molecule has 0 aliphatic carbocycles. The van der Waals surface area contributed by atoms with Gasteiger partial charge in [-0.1, -0.05) is 37.6 Å². The molecule has 9 heteroatoms. The van der Waals surface area contributed by atoms with Crippen molar-refractivity contribution in [1.82, 2.24) is 10.2 Å². The number of halogens is 1. The highest BCUT2D eigenvalue weighted by molar-refractivity contribution is 6.33. The third-order valence-corrected chi connectivity index (χ3v) is 7.34. The molecule has 1 spiro atoms. The number of nitrogens with one attached hydrogen (secondary N) is 2. The average molecular weight is 464 g/mol. The monoisotopic (exact) mass is 463 g/mol. The molecule has 3 aliphatic heterocycles. The van der Waals surface area contributed by atoms with Crippen molar-refractivity contribution in [2.24, 2.45) is 17.8 Å². The molecule has 3 heterocycles. The first-order chi connectivity index (χ1) is 15.2. The lowest BCUT2D eigenvalue weighted by molar-refractivity contribution is -0.144. The van der Waals surface area contributed by atoms with Gasteiger partial charge in [0, 0.05) is 7.05 Å². The Balaban J connectivity index is 1.76. The Morgan fingerprint density at radius 1 is 1.31 bits per heavy atom. The van der Waals surface area contributed by atoms with Crippen LogP contribution in [0.15, 0.2) is 24.3 Å². The Kier molecular flexibility index (Phi) is 6.22. The number of nitrogens with zero attached hydrogens (tertiary/aromatic N) is 1. The van der Waals surface area contributed by atoms with Crippen molar-refractivity contribution in [3.63, 3.8) is 0 Å². The standard InChI is InChI=1S/C23H30ClN3O5/c1-12(2)10-13(11-28)27-19(21(30)26-15-7-5-4-6-14(15)24)23-9-8-16(32-23)17(20(29)25-3)18(23)22(27)31/h4-7,12-13,16-19,28H,8-11H2,1-3H3,(H,25,29)(H,26,30)/t13-,16+,17-,18+,19?,23?/m1/s1. The number of hydrogen-bond donors (Lipinski definition) is 3. The molecule has 2 bridgehead atoms. The van der Waals surface area contributed by atoms with Gasteiger partial charge in [-0.2, -0.15) is 0 Å². The number of hydrogen-bond acceptors (Lipinski definition) is 5. The summed E-state index contributed by atoms with van der Waals surface area (Å²) in [6.45, 7) is 3.71. The zero-order valence-corrected chi connectivity index (χ0v) is 19.3. The van der Waals surface area contributed by atoms with Crippen LogP contribution in [0.25, 0.3) is 0 Å². The van der Waals surface area contributed by atoms with Crippen LogP contribution in [-0.2, 0) is 19.1 Å².